The lowest BCUT2D eigenvalue weighted by Crippen LogP contribution is -2.31. The number of para-hydroxylation sites is 1. The average Bonchev–Trinajstić information content (AvgIpc) is 3.67. The first kappa shape index (κ1) is 21.7. The standard InChI is InChI=1S/C25H20N2O6S/c28-24(27-20(21-8-4-12-30-21)14-19(26-27)23-9-5-13-34-23)16-32-25(29)22-11-10-18(33-22)15-31-17-6-2-1-3-7-17/h1-13,20H,14-16H2. The van der Waals surface area contributed by atoms with Crippen LogP contribution in [0.5, 0.6) is 5.75 Å². The second kappa shape index (κ2) is 9.80. The molecule has 4 aromatic rings. The molecule has 1 unspecified atom stereocenters. The number of hydrazone groups is 1. The Balaban J connectivity index is 1.20. The van der Waals surface area contributed by atoms with E-state index in [9.17, 15) is 9.59 Å². The largest absolute Gasteiger partial charge is 0.486 e. The minimum Gasteiger partial charge on any atom is -0.486 e. The molecule has 0 saturated heterocycles. The van der Waals surface area contributed by atoms with Gasteiger partial charge in [-0.05, 0) is 47.8 Å². The maximum Gasteiger partial charge on any atom is 0.374 e. The Labute approximate surface area is 199 Å². The Morgan fingerprint density at radius 2 is 1.94 bits per heavy atom. The maximum atomic E-state index is 12.9. The van der Waals surface area contributed by atoms with Crippen LogP contribution in [0, 0.1) is 0 Å². The maximum absolute atomic E-state index is 12.9. The van der Waals surface area contributed by atoms with Gasteiger partial charge in [-0.3, -0.25) is 4.79 Å². The minimum absolute atomic E-state index is 0.00811. The highest BCUT2D eigenvalue weighted by Gasteiger charge is 2.35. The molecule has 172 valence electrons. The molecule has 8 nitrogen and oxygen atoms in total. The number of furan rings is 2. The SMILES string of the molecule is O=C(OCC(=O)N1N=C(c2cccs2)CC1c1ccco1)c1ccc(COc2ccccc2)o1. The van der Waals surface area contributed by atoms with Gasteiger partial charge in [-0.25, -0.2) is 9.80 Å². The summed E-state index contributed by atoms with van der Waals surface area (Å²) in [6.45, 7) is -0.317. The lowest BCUT2D eigenvalue weighted by Gasteiger charge is -2.19. The van der Waals surface area contributed by atoms with Gasteiger partial charge in [0.2, 0.25) is 5.76 Å². The Morgan fingerprint density at radius 1 is 1.06 bits per heavy atom. The summed E-state index contributed by atoms with van der Waals surface area (Å²) in [4.78, 5) is 26.3. The van der Waals surface area contributed by atoms with Gasteiger partial charge in [0.1, 0.15) is 29.9 Å². The van der Waals surface area contributed by atoms with Gasteiger partial charge in [-0.15, -0.1) is 11.3 Å². The molecule has 0 bridgehead atoms. The van der Waals surface area contributed by atoms with E-state index in [-0.39, 0.29) is 12.4 Å². The van der Waals surface area contributed by atoms with Crippen LogP contribution < -0.4 is 4.74 Å². The number of nitrogens with zero attached hydrogens (tertiary/aromatic N) is 2. The molecule has 0 radical (unpaired) electrons. The first-order valence-electron chi connectivity index (χ1n) is 10.6. The number of thiophene rings is 1. The van der Waals surface area contributed by atoms with Gasteiger partial charge in [0, 0.05) is 6.42 Å². The number of hydrogen-bond acceptors (Lipinski definition) is 8. The summed E-state index contributed by atoms with van der Waals surface area (Å²) < 4.78 is 21.8. The Bertz CT molecular complexity index is 1280. The van der Waals surface area contributed by atoms with Crippen molar-refractivity contribution in [2.45, 2.75) is 19.1 Å². The first-order chi connectivity index (χ1) is 16.7. The molecule has 0 N–H and O–H groups in total. The van der Waals surface area contributed by atoms with Crippen LogP contribution in [0.25, 0.3) is 0 Å². The Kier molecular flexibility index (Phi) is 6.26. The Hall–Kier alpha value is -4.11. The molecule has 3 aromatic heterocycles. The fraction of sp³-hybridized carbons (Fsp3) is 0.160. The van der Waals surface area contributed by atoms with Crippen LogP contribution in [0.2, 0.25) is 0 Å². The van der Waals surface area contributed by atoms with Crippen LogP contribution in [0.3, 0.4) is 0 Å². The molecular weight excluding hydrogens is 456 g/mol. The molecule has 0 aliphatic carbocycles. The molecule has 0 spiro atoms. The van der Waals surface area contributed by atoms with E-state index in [1.165, 1.54) is 11.1 Å². The average molecular weight is 477 g/mol. The van der Waals surface area contributed by atoms with Gasteiger partial charge in [-0.1, -0.05) is 24.3 Å². The summed E-state index contributed by atoms with van der Waals surface area (Å²) in [5.74, 6) is 0.559. The van der Waals surface area contributed by atoms with Crippen LogP contribution in [0.15, 0.2) is 92.3 Å². The number of ether oxygens (including phenoxy) is 2. The molecule has 5 rings (SSSR count). The van der Waals surface area contributed by atoms with Crippen molar-refractivity contribution in [1.82, 2.24) is 5.01 Å². The van der Waals surface area contributed by atoms with E-state index in [1.54, 1.807) is 35.8 Å². The van der Waals surface area contributed by atoms with E-state index in [1.807, 2.05) is 47.8 Å². The first-order valence-corrected chi connectivity index (χ1v) is 11.5. The third kappa shape index (κ3) is 4.79. The summed E-state index contributed by atoms with van der Waals surface area (Å²) in [5, 5.41) is 7.77. The lowest BCUT2D eigenvalue weighted by atomic mass is 10.1. The van der Waals surface area contributed by atoms with Gasteiger partial charge in [0.05, 0.1) is 16.9 Å². The van der Waals surface area contributed by atoms with E-state index in [4.69, 9.17) is 18.3 Å². The third-order valence-corrected chi connectivity index (χ3v) is 6.08. The van der Waals surface area contributed by atoms with E-state index < -0.39 is 24.5 Å². The van der Waals surface area contributed by atoms with Gasteiger partial charge in [-0.2, -0.15) is 5.10 Å². The monoisotopic (exact) mass is 476 g/mol. The number of esters is 1. The molecule has 0 fully saturated rings. The molecule has 1 amide bonds. The lowest BCUT2D eigenvalue weighted by molar-refractivity contribution is -0.136. The molecule has 34 heavy (non-hydrogen) atoms. The second-order valence-corrected chi connectivity index (χ2v) is 8.39. The highest BCUT2D eigenvalue weighted by atomic mass is 32.1. The fourth-order valence-electron chi connectivity index (χ4n) is 3.54. The van der Waals surface area contributed by atoms with Gasteiger partial charge < -0.3 is 18.3 Å². The highest BCUT2D eigenvalue weighted by molar-refractivity contribution is 7.12. The van der Waals surface area contributed by atoms with Crippen molar-refractivity contribution in [1.29, 1.82) is 0 Å². The number of carbonyl (C=O) groups is 2. The third-order valence-electron chi connectivity index (χ3n) is 5.16. The predicted molar refractivity (Wildman–Crippen MR) is 124 cm³/mol. The van der Waals surface area contributed by atoms with Crippen LogP contribution in [-0.4, -0.2) is 29.2 Å². The number of benzene rings is 1. The molecular formula is C25H20N2O6S. The van der Waals surface area contributed by atoms with Crippen molar-refractivity contribution in [2.75, 3.05) is 6.61 Å². The molecule has 4 heterocycles. The zero-order valence-electron chi connectivity index (χ0n) is 18.0. The van der Waals surface area contributed by atoms with Gasteiger partial charge in [0.25, 0.3) is 5.91 Å². The zero-order valence-corrected chi connectivity index (χ0v) is 18.8. The molecule has 9 heteroatoms. The second-order valence-electron chi connectivity index (χ2n) is 7.44. The summed E-state index contributed by atoms with van der Waals surface area (Å²) in [6.07, 6.45) is 2.06. The summed E-state index contributed by atoms with van der Waals surface area (Å²) in [5.41, 5.74) is 0.783. The van der Waals surface area contributed by atoms with E-state index in [0.717, 1.165) is 10.6 Å². The Morgan fingerprint density at radius 3 is 2.71 bits per heavy atom. The quantitative estimate of drug-likeness (QED) is 0.331. The van der Waals surface area contributed by atoms with Crippen molar-refractivity contribution >= 4 is 28.9 Å². The van der Waals surface area contributed by atoms with E-state index in [0.29, 0.717) is 23.7 Å². The summed E-state index contributed by atoms with van der Waals surface area (Å²) >= 11 is 1.55. The van der Waals surface area contributed by atoms with Crippen molar-refractivity contribution < 1.29 is 27.9 Å². The highest BCUT2D eigenvalue weighted by Crippen LogP contribution is 2.34. The van der Waals surface area contributed by atoms with E-state index in [2.05, 4.69) is 5.10 Å². The smallest absolute Gasteiger partial charge is 0.374 e. The van der Waals surface area contributed by atoms with Crippen LogP contribution >= 0.6 is 11.3 Å². The van der Waals surface area contributed by atoms with Crippen molar-refractivity contribution in [3.8, 4) is 5.75 Å². The van der Waals surface area contributed by atoms with Crippen LogP contribution in [-0.2, 0) is 16.1 Å². The molecule has 1 aromatic carbocycles. The molecule has 1 aliphatic heterocycles. The topological polar surface area (TPSA) is 94.5 Å². The van der Waals surface area contributed by atoms with Crippen molar-refractivity contribution in [2.24, 2.45) is 5.10 Å². The zero-order chi connectivity index (χ0) is 23.3. The summed E-state index contributed by atoms with van der Waals surface area (Å²) in [6, 6.07) is 19.4. The van der Waals surface area contributed by atoms with Gasteiger partial charge >= 0.3 is 5.97 Å². The van der Waals surface area contributed by atoms with Gasteiger partial charge in [0.15, 0.2) is 6.61 Å². The number of amides is 1. The summed E-state index contributed by atoms with van der Waals surface area (Å²) in [7, 11) is 0. The van der Waals surface area contributed by atoms with E-state index >= 15 is 0 Å². The normalized spacial score (nSPS) is 15.2. The molecule has 1 atom stereocenters. The predicted octanol–water partition coefficient (Wildman–Crippen LogP) is 5.05. The van der Waals surface area contributed by atoms with Crippen LogP contribution in [0.4, 0.5) is 0 Å². The van der Waals surface area contributed by atoms with Crippen molar-refractivity contribution in [3.63, 3.8) is 0 Å². The minimum atomic E-state index is -0.740. The number of hydrogen-bond donors (Lipinski definition) is 0. The molecule has 1 aliphatic rings. The fourth-order valence-corrected chi connectivity index (χ4v) is 4.26. The van der Waals surface area contributed by atoms with Crippen molar-refractivity contribution in [3.05, 3.63) is 101 Å². The number of carbonyl (C=O) groups excluding carboxylic acids is 2. The van der Waals surface area contributed by atoms with Crippen LogP contribution in [0.1, 0.15) is 39.4 Å². The molecule has 0 saturated carbocycles. The number of rotatable bonds is 8.